The maximum Gasteiger partial charge on any atom is 0.143 e. The molecule has 5 nitrogen and oxygen atoms in total. The summed E-state index contributed by atoms with van der Waals surface area (Å²) in [5, 5.41) is 13.1. The number of anilines is 1. The van der Waals surface area contributed by atoms with Crippen molar-refractivity contribution in [1.29, 1.82) is 5.26 Å². The van der Waals surface area contributed by atoms with E-state index in [9.17, 15) is 0 Å². The Labute approximate surface area is 154 Å². The van der Waals surface area contributed by atoms with Gasteiger partial charge in [-0.05, 0) is 37.5 Å². The van der Waals surface area contributed by atoms with Crippen LogP contribution >= 0.6 is 0 Å². The second-order valence-electron chi connectivity index (χ2n) is 6.25. The van der Waals surface area contributed by atoms with Gasteiger partial charge < -0.3 is 14.5 Å². The molecule has 0 unspecified atom stereocenters. The number of nitrogens with zero attached hydrogens (tertiary/aromatic N) is 3. The van der Waals surface area contributed by atoms with Crippen molar-refractivity contribution in [3.8, 4) is 11.8 Å². The first kappa shape index (κ1) is 17.8. The Kier molecular flexibility index (Phi) is 6.10. The molecular formula is C21H23N3O2. The third-order valence-electron chi connectivity index (χ3n) is 4.56. The van der Waals surface area contributed by atoms with Crippen LogP contribution in [0.5, 0.6) is 5.75 Å². The quantitative estimate of drug-likeness (QED) is 0.582. The van der Waals surface area contributed by atoms with Crippen LogP contribution in [-0.2, 0) is 11.4 Å². The van der Waals surface area contributed by atoms with Crippen LogP contribution in [0.15, 0.2) is 47.6 Å². The SMILES string of the molecule is COc1cc(N2CCCCC2)ccc1/C=N\OCc1ccccc1C#N. The van der Waals surface area contributed by atoms with Crippen LogP contribution < -0.4 is 9.64 Å². The van der Waals surface area contributed by atoms with Gasteiger partial charge in [-0.1, -0.05) is 23.4 Å². The van der Waals surface area contributed by atoms with Crippen molar-refractivity contribution in [2.24, 2.45) is 5.16 Å². The summed E-state index contributed by atoms with van der Waals surface area (Å²) in [6, 6.07) is 15.6. The normalized spacial score (nSPS) is 14.2. The van der Waals surface area contributed by atoms with E-state index in [1.807, 2.05) is 24.3 Å². The van der Waals surface area contributed by atoms with Gasteiger partial charge in [0, 0.05) is 36.0 Å². The summed E-state index contributed by atoms with van der Waals surface area (Å²) in [4.78, 5) is 7.76. The lowest BCUT2D eigenvalue weighted by molar-refractivity contribution is 0.132. The van der Waals surface area contributed by atoms with Gasteiger partial charge in [0.05, 0.1) is 25.0 Å². The van der Waals surface area contributed by atoms with Crippen molar-refractivity contribution in [3.05, 3.63) is 59.2 Å². The molecule has 5 heteroatoms. The van der Waals surface area contributed by atoms with Crippen molar-refractivity contribution in [1.82, 2.24) is 0 Å². The van der Waals surface area contributed by atoms with Gasteiger partial charge in [0.15, 0.2) is 0 Å². The molecule has 134 valence electrons. The Balaban J connectivity index is 1.65. The van der Waals surface area contributed by atoms with Crippen LogP contribution in [0.1, 0.15) is 36.0 Å². The summed E-state index contributed by atoms with van der Waals surface area (Å²) in [5.41, 5.74) is 3.47. The Morgan fingerprint density at radius 3 is 2.73 bits per heavy atom. The highest BCUT2D eigenvalue weighted by molar-refractivity contribution is 5.84. The van der Waals surface area contributed by atoms with E-state index in [1.54, 1.807) is 19.4 Å². The molecule has 26 heavy (non-hydrogen) atoms. The molecule has 0 atom stereocenters. The predicted molar refractivity (Wildman–Crippen MR) is 103 cm³/mol. The number of nitriles is 1. The van der Waals surface area contributed by atoms with Gasteiger partial charge in [-0.15, -0.1) is 0 Å². The molecule has 1 fully saturated rings. The summed E-state index contributed by atoms with van der Waals surface area (Å²) in [5.74, 6) is 0.776. The second kappa shape index (κ2) is 8.91. The smallest absolute Gasteiger partial charge is 0.143 e. The average Bonchev–Trinajstić information content (AvgIpc) is 2.72. The van der Waals surface area contributed by atoms with Crippen molar-refractivity contribution >= 4 is 11.9 Å². The fraction of sp³-hybridized carbons (Fsp3) is 0.333. The molecule has 0 aromatic heterocycles. The molecule has 0 saturated carbocycles. The molecule has 0 radical (unpaired) electrons. The number of oxime groups is 1. The lowest BCUT2D eigenvalue weighted by Gasteiger charge is -2.29. The zero-order valence-electron chi connectivity index (χ0n) is 15.0. The molecule has 1 aliphatic heterocycles. The van der Waals surface area contributed by atoms with E-state index in [4.69, 9.17) is 14.8 Å². The van der Waals surface area contributed by atoms with E-state index in [2.05, 4.69) is 28.3 Å². The molecule has 1 heterocycles. The lowest BCUT2D eigenvalue weighted by Crippen LogP contribution is -2.29. The number of hydrogen-bond donors (Lipinski definition) is 0. The van der Waals surface area contributed by atoms with Crippen LogP contribution in [0.2, 0.25) is 0 Å². The third kappa shape index (κ3) is 4.34. The number of ether oxygens (including phenoxy) is 1. The first-order valence-electron chi connectivity index (χ1n) is 8.88. The molecule has 1 saturated heterocycles. The van der Waals surface area contributed by atoms with Gasteiger partial charge in [0.25, 0.3) is 0 Å². The topological polar surface area (TPSA) is 57.9 Å². The first-order valence-corrected chi connectivity index (χ1v) is 8.88. The molecule has 3 rings (SSSR count). The number of methoxy groups -OCH3 is 1. The Bertz CT molecular complexity index is 805. The average molecular weight is 349 g/mol. The summed E-state index contributed by atoms with van der Waals surface area (Å²) in [7, 11) is 1.66. The van der Waals surface area contributed by atoms with Crippen LogP contribution in [0.3, 0.4) is 0 Å². The Morgan fingerprint density at radius 2 is 1.96 bits per heavy atom. The Hall–Kier alpha value is -3.00. The van der Waals surface area contributed by atoms with Crippen molar-refractivity contribution in [2.45, 2.75) is 25.9 Å². The lowest BCUT2D eigenvalue weighted by atomic mass is 10.1. The largest absolute Gasteiger partial charge is 0.496 e. The maximum absolute atomic E-state index is 9.09. The molecule has 0 aliphatic carbocycles. The van der Waals surface area contributed by atoms with Crippen LogP contribution in [0.25, 0.3) is 0 Å². The zero-order chi connectivity index (χ0) is 18.2. The van der Waals surface area contributed by atoms with Crippen molar-refractivity contribution in [3.63, 3.8) is 0 Å². The van der Waals surface area contributed by atoms with Gasteiger partial charge in [-0.25, -0.2) is 0 Å². The van der Waals surface area contributed by atoms with Gasteiger partial charge in [-0.3, -0.25) is 0 Å². The van der Waals surface area contributed by atoms with Crippen LogP contribution in [0, 0.1) is 11.3 Å². The highest BCUT2D eigenvalue weighted by Crippen LogP contribution is 2.27. The fourth-order valence-corrected chi connectivity index (χ4v) is 3.11. The monoisotopic (exact) mass is 349 g/mol. The molecular weight excluding hydrogens is 326 g/mol. The highest BCUT2D eigenvalue weighted by Gasteiger charge is 2.12. The summed E-state index contributed by atoms with van der Waals surface area (Å²) in [6.07, 6.45) is 5.44. The van der Waals surface area contributed by atoms with Gasteiger partial charge in [0.2, 0.25) is 0 Å². The molecule has 1 aliphatic rings. The molecule has 2 aromatic carbocycles. The first-order chi connectivity index (χ1) is 12.8. The molecule has 0 amide bonds. The number of rotatable bonds is 6. The zero-order valence-corrected chi connectivity index (χ0v) is 15.0. The van der Waals surface area contributed by atoms with Crippen molar-refractivity contribution in [2.75, 3.05) is 25.1 Å². The minimum absolute atomic E-state index is 0.258. The number of hydrogen-bond acceptors (Lipinski definition) is 5. The summed E-state index contributed by atoms with van der Waals surface area (Å²) in [6.45, 7) is 2.45. The highest BCUT2D eigenvalue weighted by atomic mass is 16.6. The third-order valence-corrected chi connectivity index (χ3v) is 4.56. The van der Waals surface area contributed by atoms with E-state index >= 15 is 0 Å². The Morgan fingerprint density at radius 1 is 1.15 bits per heavy atom. The molecule has 0 spiro atoms. The molecule has 2 aromatic rings. The minimum atomic E-state index is 0.258. The van der Waals surface area contributed by atoms with E-state index in [-0.39, 0.29) is 6.61 Å². The summed E-state index contributed by atoms with van der Waals surface area (Å²) >= 11 is 0. The number of benzene rings is 2. The van der Waals surface area contributed by atoms with Crippen molar-refractivity contribution < 1.29 is 9.57 Å². The van der Waals surface area contributed by atoms with E-state index in [1.165, 1.54) is 24.9 Å². The molecule has 0 N–H and O–H groups in total. The summed E-state index contributed by atoms with van der Waals surface area (Å²) < 4.78 is 5.51. The van der Waals surface area contributed by atoms with E-state index in [0.717, 1.165) is 30.0 Å². The van der Waals surface area contributed by atoms with Crippen LogP contribution in [0.4, 0.5) is 5.69 Å². The van der Waals surface area contributed by atoms with Gasteiger partial charge in [-0.2, -0.15) is 5.26 Å². The minimum Gasteiger partial charge on any atom is -0.496 e. The van der Waals surface area contributed by atoms with E-state index in [0.29, 0.717) is 5.56 Å². The predicted octanol–water partition coefficient (Wildman–Crippen LogP) is 4.11. The fourth-order valence-electron chi connectivity index (χ4n) is 3.11. The number of piperidine rings is 1. The maximum atomic E-state index is 9.09. The second-order valence-corrected chi connectivity index (χ2v) is 6.25. The van der Waals surface area contributed by atoms with Gasteiger partial charge in [0.1, 0.15) is 12.4 Å². The van der Waals surface area contributed by atoms with Gasteiger partial charge >= 0.3 is 0 Å². The van der Waals surface area contributed by atoms with E-state index < -0.39 is 0 Å². The van der Waals surface area contributed by atoms with Crippen LogP contribution in [-0.4, -0.2) is 26.4 Å². The molecule has 0 bridgehead atoms. The standard InChI is InChI=1S/C21H23N3O2/c1-25-21-13-20(24-11-5-2-6-12-24)10-9-18(21)15-23-26-16-19-8-4-3-7-17(19)14-22/h3-4,7-10,13,15H,2,5-6,11-12,16H2,1H3/b23-15-.